The van der Waals surface area contributed by atoms with Crippen molar-refractivity contribution in [2.75, 3.05) is 0 Å². The lowest BCUT2D eigenvalue weighted by atomic mass is 10.3. The summed E-state index contributed by atoms with van der Waals surface area (Å²) < 4.78 is 0. The number of hydrogen-bond donors (Lipinski definition) is 1. The topological polar surface area (TPSA) is 20.2 Å². The van der Waals surface area contributed by atoms with E-state index in [9.17, 15) is 5.11 Å². The second-order valence-corrected chi connectivity index (χ2v) is 10.1. The fraction of sp³-hybridized carbons (Fsp3) is 1.00. The Hall–Kier alpha value is 0.177. The summed E-state index contributed by atoms with van der Waals surface area (Å²) in [6, 6.07) is 0. The van der Waals surface area contributed by atoms with Gasteiger partial charge in [0.25, 0.3) is 0 Å². The van der Waals surface area contributed by atoms with Crippen LogP contribution in [0.15, 0.2) is 0 Å². The maximum atomic E-state index is 9.25. The maximum absolute atomic E-state index is 9.25. The number of hydrogen-bond acceptors (Lipinski definition) is 1. The molecule has 0 saturated heterocycles. The van der Waals surface area contributed by atoms with E-state index in [0.717, 1.165) is 5.54 Å². The minimum Gasteiger partial charge on any atom is -0.393 e. The molecule has 0 amide bonds. The molecule has 0 aromatic heterocycles. The summed E-state index contributed by atoms with van der Waals surface area (Å²) >= 11 is 0. The molecule has 1 saturated carbocycles. The lowest BCUT2D eigenvalue weighted by molar-refractivity contribution is 0.171. The number of aliphatic hydroxyl groups excluding tert-OH is 1. The normalized spacial score (nSPS) is 35.7. The van der Waals surface area contributed by atoms with E-state index in [1.807, 2.05) is 6.92 Å². The highest BCUT2D eigenvalue weighted by molar-refractivity contribution is 6.78. The van der Waals surface area contributed by atoms with Crippen molar-refractivity contribution in [3.05, 3.63) is 0 Å². The van der Waals surface area contributed by atoms with Gasteiger partial charge in [-0.25, -0.2) is 0 Å². The zero-order valence-electron chi connectivity index (χ0n) is 7.39. The van der Waals surface area contributed by atoms with E-state index in [1.54, 1.807) is 0 Å². The van der Waals surface area contributed by atoms with Gasteiger partial charge >= 0.3 is 0 Å². The van der Waals surface area contributed by atoms with Gasteiger partial charge < -0.3 is 5.11 Å². The van der Waals surface area contributed by atoms with Gasteiger partial charge in [0.1, 0.15) is 0 Å². The second-order valence-electron chi connectivity index (χ2n) is 4.61. The summed E-state index contributed by atoms with van der Waals surface area (Å²) in [5, 5.41) is 9.25. The van der Waals surface area contributed by atoms with E-state index in [0.29, 0.717) is 5.92 Å². The lowest BCUT2D eigenvalue weighted by Gasteiger charge is -2.16. The van der Waals surface area contributed by atoms with Gasteiger partial charge in [0, 0.05) is 8.07 Å². The van der Waals surface area contributed by atoms with Crippen molar-refractivity contribution in [1.29, 1.82) is 0 Å². The Balaban J connectivity index is 2.39. The molecule has 0 aromatic carbocycles. The summed E-state index contributed by atoms with van der Waals surface area (Å²) in [6.07, 6.45) is 1.23. The molecule has 3 unspecified atom stereocenters. The quantitative estimate of drug-likeness (QED) is 0.610. The van der Waals surface area contributed by atoms with Crippen LogP contribution in [0.4, 0.5) is 0 Å². The van der Waals surface area contributed by atoms with E-state index in [-0.39, 0.29) is 6.10 Å². The smallest absolute Gasteiger partial charge is 0.0540 e. The molecule has 0 bridgehead atoms. The fourth-order valence-corrected chi connectivity index (χ4v) is 4.29. The van der Waals surface area contributed by atoms with Gasteiger partial charge in [0.2, 0.25) is 0 Å². The number of aliphatic hydroxyl groups is 1. The lowest BCUT2D eigenvalue weighted by Crippen LogP contribution is -2.22. The average Bonchev–Trinajstić information content (AvgIpc) is 2.35. The molecule has 1 N–H and O–H groups in total. The first-order valence-electron chi connectivity index (χ1n) is 4.11. The van der Waals surface area contributed by atoms with Crippen LogP contribution in [-0.4, -0.2) is 19.3 Å². The molecule has 0 heterocycles. The predicted octanol–water partition coefficient (Wildman–Crippen LogP) is 2.10. The predicted molar refractivity (Wildman–Crippen MR) is 46.9 cm³/mol. The Morgan fingerprint density at radius 3 is 2.00 bits per heavy atom. The summed E-state index contributed by atoms with van der Waals surface area (Å²) in [5.41, 5.74) is 0.896. The molecule has 10 heavy (non-hydrogen) atoms. The van der Waals surface area contributed by atoms with Crippen molar-refractivity contribution in [3.63, 3.8) is 0 Å². The molecule has 1 fully saturated rings. The van der Waals surface area contributed by atoms with E-state index < -0.39 is 8.07 Å². The van der Waals surface area contributed by atoms with Crippen LogP contribution in [0.2, 0.25) is 25.2 Å². The summed E-state index contributed by atoms with van der Waals surface area (Å²) in [6.45, 7) is 9.09. The third kappa shape index (κ3) is 1.61. The monoisotopic (exact) mass is 158 g/mol. The first-order valence-corrected chi connectivity index (χ1v) is 7.68. The summed E-state index contributed by atoms with van der Waals surface area (Å²) in [4.78, 5) is 0. The molecule has 1 aliphatic rings. The maximum Gasteiger partial charge on any atom is 0.0540 e. The Labute approximate surface area is 64.5 Å². The summed E-state index contributed by atoms with van der Waals surface area (Å²) in [5.74, 6) is 0.645. The third-order valence-corrected chi connectivity index (χ3v) is 5.46. The Morgan fingerprint density at radius 2 is 1.90 bits per heavy atom. The average molecular weight is 158 g/mol. The highest BCUT2D eigenvalue weighted by Crippen LogP contribution is 2.53. The second kappa shape index (κ2) is 2.34. The third-order valence-electron chi connectivity index (χ3n) is 2.57. The molecule has 0 aromatic rings. The van der Waals surface area contributed by atoms with Crippen molar-refractivity contribution in [3.8, 4) is 0 Å². The van der Waals surface area contributed by atoms with E-state index in [2.05, 4.69) is 19.6 Å². The van der Waals surface area contributed by atoms with E-state index >= 15 is 0 Å². The van der Waals surface area contributed by atoms with Gasteiger partial charge in [0.05, 0.1) is 6.10 Å². The van der Waals surface area contributed by atoms with Gasteiger partial charge in [-0.15, -0.1) is 0 Å². The molecular weight excluding hydrogens is 140 g/mol. The highest BCUT2D eigenvalue weighted by Gasteiger charge is 2.48. The number of rotatable bonds is 2. The molecule has 0 spiro atoms. The Bertz CT molecular complexity index is 126. The van der Waals surface area contributed by atoms with Crippen molar-refractivity contribution in [1.82, 2.24) is 0 Å². The van der Waals surface area contributed by atoms with Gasteiger partial charge in [-0.1, -0.05) is 19.6 Å². The van der Waals surface area contributed by atoms with Crippen LogP contribution in [-0.2, 0) is 0 Å². The zero-order valence-corrected chi connectivity index (χ0v) is 8.39. The van der Waals surface area contributed by atoms with Gasteiger partial charge in [-0.2, -0.15) is 0 Å². The molecule has 2 heteroatoms. The SMILES string of the molecule is CC(O)C1CC1[Si](C)(C)C. The highest BCUT2D eigenvalue weighted by atomic mass is 28.3. The minimum absolute atomic E-state index is 0.0586. The van der Waals surface area contributed by atoms with Gasteiger partial charge in [-0.3, -0.25) is 0 Å². The van der Waals surface area contributed by atoms with Crippen LogP contribution in [0.25, 0.3) is 0 Å². The van der Waals surface area contributed by atoms with Crippen molar-refractivity contribution >= 4 is 8.07 Å². The van der Waals surface area contributed by atoms with Crippen LogP contribution in [0.5, 0.6) is 0 Å². The molecule has 1 rings (SSSR count). The molecule has 3 atom stereocenters. The van der Waals surface area contributed by atoms with E-state index in [4.69, 9.17) is 0 Å². The van der Waals surface area contributed by atoms with Crippen LogP contribution < -0.4 is 0 Å². The Morgan fingerprint density at radius 1 is 1.40 bits per heavy atom. The van der Waals surface area contributed by atoms with Gasteiger partial charge in [-0.05, 0) is 24.8 Å². The van der Waals surface area contributed by atoms with Crippen LogP contribution in [0.1, 0.15) is 13.3 Å². The molecule has 0 radical (unpaired) electrons. The van der Waals surface area contributed by atoms with Crippen molar-refractivity contribution in [2.45, 2.75) is 44.6 Å². The van der Waals surface area contributed by atoms with Crippen LogP contribution in [0.3, 0.4) is 0 Å². The Kier molecular flexibility index (Phi) is 1.94. The molecule has 1 nitrogen and oxygen atoms in total. The van der Waals surface area contributed by atoms with E-state index in [1.165, 1.54) is 6.42 Å². The molecule has 60 valence electrons. The van der Waals surface area contributed by atoms with Crippen LogP contribution >= 0.6 is 0 Å². The fourth-order valence-electron chi connectivity index (χ4n) is 1.74. The van der Waals surface area contributed by atoms with Crippen molar-refractivity contribution in [2.24, 2.45) is 5.92 Å². The largest absolute Gasteiger partial charge is 0.393 e. The molecule has 1 aliphatic carbocycles. The first-order chi connectivity index (χ1) is 4.43. The standard InChI is InChI=1S/C8H18OSi/c1-6(9)7-5-8(7)10(2,3)4/h6-9H,5H2,1-4H3. The van der Waals surface area contributed by atoms with Gasteiger partial charge in [0.15, 0.2) is 0 Å². The van der Waals surface area contributed by atoms with Crippen LogP contribution in [0, 0.1) is 5.92 Å². The molecule has 0 aliphatic heterocycles. The minimum atomic E-state index is -0.909. The van der Waals surface area contributed by atoms with Crippen molar-refractivity contribution < 1.29 is 5.11 Å². The molecular formula is C8H18OSi. The first kappa shape index (κ1) is 8.28. The summed E-state index contributed by atoms with van der Waals surface area (Å²) in [7, 11) is -0.909. The zero-order chi connectivity index (χ0) is 7.94.